The lowest BCUT2D eigenvalue weighted by atomic mass is 10.1. The molecule has 2 heterocycles. The summed E-state index contributed by atoms with van der Waals surface area (Å²) < 4.78 is 5.19. The van der Waals surface area contributed by atoms with Crippen molar-refractivity contribution in [2.75, 3.05) is 6.54 Å². The molecular weight excluding hydrogens is 256 g/mol. The predicted molar refractivity (Wildman–Crippen MR) is 72.9 cm³/mol. The summed E-state index contributed by atoms with van der Waals surface area (Å²) in [6.07, 6.45) is 1.94. The number of hydrogen-bond donors (Lipinski definition) is 1. The molecule has 2 saturated heterocycles. The summed E-state index contributed by atoms with van der Waals surface area (Å²) in [7, 11) is 0. The molecule has 106 valence electrons. The lowest BCUT2D eigenvalue weighted by molar-refractivity contribution is -0.127. The van der Waals surface area contributed by atoms with E-state index in [0.29, 0.717) is 6.42 Å². The molecule has 5 nitrogen and oxygen atoms in total. The van der Waals surface area contributed by atoms with Crippen molar-refractivity contribution in [3.63, 3.8) is 0 Å². The normalized spacial score (nSPS) is 24.6. The standard InChI is InChI=1S/C15H18N2O3/c18-14-9-12(13-7-4-8-17(13)14)16-15(19)20-10-11-5-2-1-3-6-11/h1-3,5-6,12-13H,4,7-10H2,(H,16,19)/t12-,13+/m1/s1. The maximum atomic E-state index is 11.8. The highest BCUT2D eigenvalue weighted by atomic mass is 16.5. The van der Waals surface area contributed by atoms with E-state index < -0.39 is 6.09 Å². The number of nitrogens with zero attached hydrogens (tertiary/aromatic N) is 1. The molecule has 1 aromatic carbocycles. The first-order valence-corrected chi connectivity index (χ1v) is 7.01. The van der Waals surface area contributed by atoms with E-state index in [0.717, 1.165) is 24.9 Å². The van der Waals surface area contributed by atoms with Crippen LogP contribution in [0, 0.1) is 0 Å². The molecule has 2 fully saturated rings. The van der Waals surface area contributed by atoms with Crippen LogP contribution < -0.4 is 5.32 Å². The van der Waals surface area contributed by atoms with E-state index in [9.17, 15) is 9.59 Å². The van der Waals surface area contributed by atoms with E-state index in [4.69, 9.17) is 4.74 Å². The van der Waals surface area contributed by atoms with Gasteiger partial charge in [-0.25, -0.2) is 4.79 Å². The number of fused-ring (bicyclic) bond motifs is 1. The number of carbonyl (C=O) groups is 2. The Bertz CT molecular complexity index is 503. The summed E-state index contributed by atoms with van der Waals surface area (Å²) in [6.45, 7) is 1.07. The number of benzene rings is 1. The van der Waals surface area contributed by atoms with Gasteiger partial charge in [0, 0.05) is 13.0 Å². The Labute approximate surface area is 117 Å². The smallest absolute Gasteiger partial charge is 0.407 e. The maximum absolute atomic E-state index is 11.8. The SMILES string of the molecule is O=C(N[C@@H]1CC(=O)N2CCC[C@@H]12)OCc1ccccc1. The van der Waals surface area contributed by atoms with Gasteiger partial charge in [-0.2, -0.15) is 0 Å². The van der Waals surface area contributed by atoms with Crippen LogP contribution in [-0.2, 0) is 16.1 Å². The van der Waals surface area contributed by atoms with Gasteiger partial charge in [0.25, 0.3) is 0 Å². The van der Waals surface area contributed by atoms with E-state index in [-0.39, 0.29) is 24.6 Å². The highest BCUT2D eigenvalue weighted by Gasteiger charge is 2.43. The fourth-order valence-electron chi connectivity index (χ4n) is 3.03. The summed E-state index contributed by atoms with van der Waals surface area (Å²) in [5, 5.41) is 2.83. The summed E-state index contributed by atoms with van der Waals surface area (Å²) in [6, 6.07) is 9.60. The molecule has 0 saturated carbocycles. The van der Waals surface area contributed by atoms with Gasteiger partial charge in [-0.15, -0.1) is 0 Å². The number of rotatable bonds is 3. The van der Waals surface area contributed by atoms with Crippen molar-refractivity contribution < 1.29 is 14.3 Å². The topological polar surface area (TPSA) is 58.6 Å². The number of carbonyl (C=O) groups excluding carboxylic acids is 2. The zero-order chi connectivity index (χ0) is 13.9. The van der Waals surface area contributed by atoms with E-state index in [1.807, 2.05) is 35.2 Å². The summed E-state index contributed by atoms with van der Waals surface area (Å²) >= 11 is 0. The summed E-state index contributed by atoms with van der Waals surface area (Å²) in [5.41, 5.74) is 0.952. The summed E-state index contributed by atoms with van der Waals surface area (Å²) in [4.78, 5) is 25.4. The molecule has 0 unspecified atom stereocenters. The minimum Gasteiger partial charge on any atom is -0.445 e. The van der Waals surface area contributed by atoms with Crippen molar-refractivity contribution in [1.29, 1.82) is 0 Å². The fraction of sp³-hybridized carbons (Fsp3) is 0.467. The van der Waals surface area contributed by atoms with Crippen LogP contribution >= 0.6 is 0 Å². The highest BCUT2D eigenvalue weighted by Crippen LogP contribution is 2.29. The molecule has 0 aliphatic carbocycles. The molecule has 2 aliphatic heterocycles. The first kappa shape index (κ1) is 13.0. The first-order valence-electron chi connectivity index (χ1n) is 7.01. The van der Waals surface area contributed by atoms with Gasteiger partial charge >= 0.3 is 6.09 Å². The van der Waals surface area contributed by atoms with Crippen molar-refractivity contribution in [2.24, 2.45) is 0 Å². The molecule has 2 atom stereocenters. The van der Waals surface area contributed by atoms with Crippen LogP contribution in [0.2, 0.25) is 0 Å². The molecule has 0 aromatic heterocycles. The van der Waals surface area contributed by atoms with Gasteiger partial charge in [0.05, 0.1) is 12.1 Å². The van der Waals surface area contributed by atoms with Gasteiger partial charge in [0.15, 0.2) is 0 Å². The molecule has 3 rings (SSSR count). The zero-order valence-electron chi connectivity index (χ0n) is 11.2. The number of amides is 2. The minimum atomic E-state index is -0.444. The lowest BCUT2D eigenvalue weighted by Crippen LogP contribution is -2.42. The van der Waals surface area contributed by atoms with Crippen LogP contribution in [0.5, 0.6) is 0 Å². The van der Waals surface area contributed by atoms with Gasteiger partial charge in [0.2, 0.25) is 5.91 Å². The molecule has 1 aromatic rings. The Balaban J connectivity index is 1.51. The Morgan fingerprint density at radius 3 is 2.95 bits per heavy atom. The number of nitrogens with one attached hydrogen (secondary N) is 1. The minimum absolute atomic E-state index is 0.103. The molecule has 0 spiro atoms. The Morgan fingerprint density at radius 2 is 2.15 bits per heavy atom. The van der Waals surface area contributed by atoms with Crippen LogP contribution in [0.25, 0.3) is 0 Å². The third kappa shape index (κ3) is 2.61. The predicted octanol–water partition coefficient (Wildman–Crippen LogP) is 1.68. The zero-order valence-corrected chi connectivity index (χ0v) is 11.2. The van der Waals surface area contributed by atoms with Crippen molar-refractivity contribution in [1.82, 2.24) is 10.2 Å². The van der Waals surface area contributed by atoms with Crippen LogP contribution in [-0.4, -0.2) is 35.5 Å². The highest BCUT2D eigenvalue weighted by molar-refractivity contribution is 5.81. The average Bonchev–Trinajstić information content (AvgIpc) is 3.04. The van der Waals surface area contributed by atoms with Crippen molar-refractivity contribution in [3.8, 4) is 0 Å². The van der Waals surface area contributed by atoms with Crippen LogP contribution in [0.4, 0.5) is 4.79 Å². The van der Waals surface area contributed by atoms with E-state index in [1.54, 1.807) is 0 Å². The number of alkyl carbamates (subject to hydrolysis) is 1. The van der Waals surface area contributed by atoms with Crippen molar-refractivity contribution in [3.05, 3.63) is 35.9 Å². The molecule has 0 radical (unpaired) electrons. The first-order chi connectivity index (χ1) is 9.74. The number of ether oxygens (including phenoxy) is 1. The van der Waals surface area contributed by atoms with E-state index in [2.05, 4.69) is 5.32 Å². The van der Waals surface area contributed by atoms with Gasteiger partial charge < -0.3 is 15.0 Å². The monoisotopic (exact) mass is 274 g/mol. The Morgan fingerprint density at radius 1 is 1.35 bits per heavy atom. The van der Waals surface area contributed by atoms with E-state index >= 15 is 0 Å². The van der Waals surface area contributed by atoms with Crippen LogP contribution in [0.15, 0.2) is 30.3 Å². The largest absolute Gasteiger partial charge is 0.445 e. The molecule has 1 N–H and O–H groups in total. The van der Waals surface area contributed by atoms with Gasteiger partial charge in [0.1, 0.15) is 6.61 Å². The second kappa shape index (κ2) is 5.53. The quantitative estimate of drug-likeness (QED) is 0.912. The average molecular weight is 274 g/mol. The van der Waals surface area contributed by atoms with Gasteiger partial charge in [-0.05, 0) is 18.4 Å². The van der Waals surface area contributed by atoms with Crippen molar-refractivity contribution in [2.45, 2.75) is 38.0 Å². The summed E-state index contributed by atoms with van der Waals surface area (Å²) in [5.74, 6) is 0.140. The molecule has 2 aliphatic rings. The molecular formula is C15H18N2O3. The Hall–Kier alpha value is -2.04. The molecule has 20 heavy (non-hydrogen) atoms. The molecule has 5 heteroatoms. The van der Waals surface area contributed by atoms with Gasteiger partial charge in [-0.1, -0.05) is 30.3 Å². The molecule has 2 amide bonds. The third-order valence-electron chi connectivity index (χ3n) is 3.99. The van der Waals surface area contributed by atoms with Crippen molar-refractivity contribution >= 4 is 12.0 Å². The number of hydrogen-bond acceptors (Lipinski definition) is 3. The van der Waals surface area contributed by atoms with E-state index in [1.165, 1.54) is 0 Å². The van der Waals surface area contributed by atoms with Crippen LogP contribution in [0.1, 0.15) is 24.8 Å². The van der Waals surface area contributed by atoms with Crippen LogP contribution in [0.3, 0.4) is 0 Å². The molecule has 0 bridgehead atoms. The third-order valence-corrected chi connectivity index (χ3v) is 3.99. The second-order valence-corrected chi connectivity index (χ2v) is 5.31. The Kier molecular flexibility index (Phi) is 3.58. The fourth-order valence-corrected chi connectivity index (χ4v) is 3.03. The lowest BCUT2D eigenvalue weighted by Gasteiger charge is -2.20. The second-order valence-electron chi connectivity index (χ2n) is 5.31. The maximum Gasteiger partial charge on any atom is 0.407 e. The van der Waals surface area contributed by atoms with Gasteiger partial charge in [-0.3, -0.25) is 4.79 Å².